The Morgan fingerprint density at radius 3 is 1.63 bits per heavy atom. The van der Waals surface area contributed by atoms with Crippen LogP contribution >= 0.6 is 0 Å². The summed E-state index contributed by atoms with van der Waals surface area (Å²) in [6, 6.07) is 57.6. The van der Waals surface area contributed by atoms with Gasteiger partial charge in [0.05, 0.1) is 0 Å². The average Bonchev–Trinajstić information content (AvgIpc) is 3.57. The van der Waals surface area contributed by atoms with Gasteiger partial charge in [-0.1, -0.05) is 121 Å². The van der Waals surface area contributed by atoms with Crippen LogP contribution in [0.15, 0.2) is 162 Å². The molecule has 0 bridgehead atoms. The number of benzene rings is 11. The van der Waals surface area contributed by atoms with E-state index in [2.05, 4.69) is 158 Å². The summed E-state index contributed by atoms with van der Waals surface area (Å²) in [6.07, 6.45) is 0. The van der Waals surface area contributed by atoms with E-state index < -0.39 is 0 Å². The molecule has 0 saturated carbocycles. The number of hydrogen-bond donors (Lipinski definition) is 0. The SMILES string of the molecule is c1ccc2cc3c(cc2c1)oc1c(-c2ccc4c5c2ccc2ccc6cccc(c6c25)O4)ccc(-c2ccc4ccc5cccc6ccc2c4c56)c13. The first-order valence-electron chi connectivity index (χ1n) is 17.9. The van der Waals surface area contributed by atoms with Crippen LogP contribution in [0.2, 0.25) is 0 Å². The lowest BCUT2D eigenvalue weighted by Crippen LogP contribution is -1.96. The highest BCUT2D eigenvalue weighted by atomic mass is 16.5. The highest BCUT2D eigenvalue weighted by molar-refractivity contribution is 6.30. The molecule has 13 rings (SSSR count). The number of rotatable bonds is 2. The Morgan fingerprint density at radius 1 is 0.288 bits per heavy atom. The van der Waals surface area contributed by atoms with Crippen molar-refractivity contribution >= 4 is 97.3 Å². The van der Waals surface area contributed by atoms with Crippen molar-refractivity contribution in [3.63, 3.8) is 0 Å². The second kappa shape index (κ2) is 9.45. The summed E-state index contributed by atoms with van der Waals surface area (Å²) in [5, 5.41) is 19.5. The molecule has 2 heterocycles. The van der Waals surface area contributed by atoms with Crippen molar-refractivity contribution in [2.45, 2.75) is 0 Å². The van der Waals surface area contributed by atoms with Crippen molar-refractivity contribution in [3.8, 4) is 33.8 Å². The molecule has 2 heteroatoms. The molecule has 1 aliphatic rings. The highest BCUT2D eigenvalue weighted by Crippen LogP contribution is 2.51. The van der Waals surface area contributed by atoms with Crippen molar-refractivity contribution in [2.75, 3.05) is 0 Å². The Labute approximate surface area is 297 Å². The van der Waals surface area contributed by atoms with Crippen molar-refractivity contribution < 1.29 is 9.15 Å². The first-order valence-corrected chi connectivity index (χ1v) is 17.9. The zero-order chi connectivity index (χ0) is 33.7. The van der Waals surface area contributed by atoms with E-state index in [0.717, 1.165) is 55.3 Å². The molecule has 1 aromatic heterocycles. The Hall–Kier alpha value is -6.90. The lowest BCUT2D eigenvalue weighted by Gasteiger charge is -2.22. The van der Waals surface area contributed by atoms with Gasteiger partial charge in [-0.15, -0.1) is 0 Å². The minimum absolute atomic E-state index is 0.895. The molecule has 0 spiro atoms. The van der Waals surface area contributed by atoms with E-state index in [1.54, 1.807) is 0 Å². The zero-order valence-corrected chi connectivity index (χ0v) is 27.8. The molecule has 1 aliphatic heterocycles. The minimum atomic E-state index is 0.895. The molecule has 0 fully saturated rings. The highest BCUT2D eigenvalue weighted by Gasteiger charge is 2.24. The van der Waals surface area contributed by atoms with Gasteiger partial charge >= 0.3 is 0 Å². The maximum absolute atomic E-state index is 7.05. The second-order valence-corrected chi connectivity index (χ2v) is 14.4. The van der Waals surface area contributed by atoms with Crippen LogP contribution in [0.4, 0.5) is 0 Å². The molecule has 0 radical (unpaired) electrons. The third kappa shape index (κ3) is 3.35. The van der Waals surface area contributed by atoms with Gasteiger partial charge in [-0.05, 0) is 112 Å². The number of fused-ring (bicyclic) bond motifs is 4. The van der Waals surface area contributed by atoms with Gasteiger partial charge in [0.25, 0.3) is 0 Å². The van der Waals surface area contributed by atoms with E-state index in [-0.39, 0.29) is 0 Å². The van der Waals surface area contributed by atoms with Crippen LogP contribution in [-0.2, 0) is 0 Å². The predicted octanol–water partition coefficient (Wildman–Crippen LogP) is 14.5. The lowest BCUT2D eigenvalue weighted by atomic mass is 9.86. The van der Waals surface area contributed by atoms with Crippen LogP contribution in [0, 0.1) is 0 Å². The van der Waals surface area contributed by atoms with Crippen LogP contribution in [0.3, 0.4) is 0 Å². The third-order valence-electron chi connectivity index (χ3n) is 11.7. The second-order valence-electron chi connectivity index (χ2n) is 14.4. The molecule has 11 aromatic carbocycles. The number of hydrogen-bond acceptors (Lipinski definition) is 2. The first kappa shape index (κ1) is 26.9. The van der Waals surface area contributed by atoms with E-state index in [4.69, 9.17) is 9.15 Å². The maximum Gasteiger partial charge on any atom is 0.143 e. The standard InChI is InChI=1S/C50H26O2/c1-2-6-33-26-43-40(25-32(33)5-1)48-37(34-18-15-30-13-11-27-7-3-8-28-16-19-36(34)45(30)44(27)28)21-22-39(50(48)52-43)35-23-24-42-49-38(35)20-17-31-14-12-29-9-4-10-41(51-42)46(29)47(31)49/h1-26H. The Morgan fingerprint density at radius 2 is 0.827 bits per heavy atom. The van der Waals surface area contributed by atoms with Gasteiger partial charge in [-0.3, -0.25) is 0 Å². The fraction of sp³-hybridized carbons (Fsp3) is 0. The Kier molecular flexibility index (Phi) is 4.89. The summed E-state index contributed by atoms with van der Waals surface area (Å²) < 4.78 is 13.6. The Bertz CT molecular complexity index is 3530. The van der Waals surface area contributed by atoms with Gasteiger partial charge < -0.3 is 9.15 Å². The summed E-state index contributed by atoms with van der Waals surface area (Å²) >= 11 is 0. The normalized spacial score (nSPS) is 12.8. The summed E-state index contributed by atoms with van der Waals surface area (Å²) in [6.45, 7) is 0. The molecule has 0 saturated heterocycles. The van der Waals surface area contributed by atoms with Crippen LogP contribution in [0.5, 0.6) is 11.5 Å². The zero-order valence-electron chi connectivity index (χ0n) is 27.8. The molecule has 12 aromatic rings. The van der Waals surface area contributed by atoms with Crippen LogP contribution < -0.4 is 4.74 Å². The first-order chi connectivity index (χ1) is 25.8. The van der Waals surface area contributed by atoms with Gasteiger partial charge in [0, 0.05) is 32.5 Å². The van der Waals surface area contributed by atoms with Crippen LogP contribution in [0.25, 0.3) is 120 Å². The molecular formula is C50H26O2. The van der Waals surface area contributed by atoms with Gasteiger partial charge in [0.15, 0.2) is 0 Å². The van der Waals surface area contributed by atoms with Crippen LogP contribution in [0.1, 0.15) is 0 Å². The van der Waals surface area contributed by atoms with Crippen molar-refractivity contribution in [1.82, 2.24) is 0 Å². The van der Waals surface area contributed by atoms with Gasteiger partial charge in [-0.2, -0.15) is 0 Å². The number of furan rings is 1. The van der Waals surface area contributed by atoms with E-state index in [1.807, 2.05) is 0 Å². The molecule has 238 valence electrons. The topological polar surface area (TPSA) is 22.4 Å². The summed E-state index contributed by atoms with van der Waals surface area (Å²) in [7, 11) is 0. The smallest absolute Gasteiger partial charge is 0.143 e. The lowest BCUT2D eigenvalue weighted by molar-refractivity contribution is 0.493. The van der Waals surface area contributed by atoms with Crippen molar-refractivity contribution in [2.24, 2.45) is 0 Å². The predicted molar refractivity (Wildman–Crippen MR) is 218 cm³/mol. The molecule has 0 atom stereocenters. The van der Waals surface area contributed by atoms with E-state index in [0.29, 0.717) is 0 Å². The maximum atomic E-state index is 7.05. The molecule has 52 heavy (non-hydrogen) atoms. The van der Waals surface area contributed by atoms with E-state index in [9.17, 15) is 0 Å². The monoisotopic (exact) mass is 658 g/mol. The third-order valence-corrected chi connectivity index (χ3v) is 11.7. The van der Waals surface area contributed by atoms with Crippen molar-refractivity contribution in [3.05, 3.63) is 158 Å². The van der Waals surface area contributed by atoms with E-state index in [1.165, 1.54) is 75.8 Å². The van der Waals surface area contributed by atoms with Crippen LogP contribution in [-0.4, -0.2) is 0 Å². The molecule has 0 N–H and O–H groups in total. The Balaban J connectivity index is 1.16. The quantitative estimate of drug-likeness (QED) is 0.173. The fourth-order valence-electron chi connectivity index (χ4n) is 9.47. The minimum Gasteiger partial charge on any atom is -0.456 e. The van der Waals surface area contributed by atoms with E-state index >= 15 is 0 Å². The molecular weight excluding hydrogens is 633 g/mol. The van der Waals surface area contributed by atoms with Crippen molar-refractivity contribution in [1.29, 1.82) is 0 Å². The van der Waals surface area contributed by atoms with Gasteiger partial charge in [0.2, 0.25) is 0 Å². The molecule has 0 aliphatic carbocycles. The molecule has 0 unspecified atom stereocenters. The fourth-order valence-corrected chi connectivity index (χ4v) is 9.47. The summed E-state index contributed by atoms with van der Waals surface area (Å²) in [4.78, 5) is 0. The molecule has 0 amide bonds. The summed E-state index contributed by atoms with van der Waals surface area (Å²) in [5.74, 6) is 1.81. The number of ether oxygens (including phenoxy) is 1. The summed E-state index contributed by atoms with van der Waals surface area (Å²) in [5.41, 5.74) is 6.40. The van der Waals surface area contributed by atoms with Gasteiger partial charge in [0.1, 0.15) is 22.7 Å². The average molecular weight is 659 g/mol. The van der Waals surface area contributed by atoms with Gasteiger partial charge in [-0.25, -0.2) is 0 Å². The molecule has 2 nitrogen and oxygen atoms in total. The largest absolute Gasteiger partial charge is 0.456 e.